The topological polar surface area (TPSA) is 142 Å². The minimum atomic E-state index is -3.81. The minimum absolute atomic E-state index is 0.0195. The van der Waals surface area contributed by atoms with Gasteiger partial charge < -0.3 is 34.1 Å². The first-order valence-electron chi connectivity index (χ1n) is 16.2. The number of aliphatic hydroxyl groups excluding tert-OH is 1. The number of ether oxygens (including phenoxy) is 5. The van der Waals surface area contributed by atoms with Crippen molar-refractivity contribution in [3.63, 3.8) is 0 Å². The van der Waals surface area contributed by atoms with E-state index in [0.29, 0.717) is 53.6 Å². The number of carbonyl (C=O) groups is 1. The molecule has 2 N–H and O–H groups in total. The van der Waals surface area contributed by atoms with Gasteiger partial charge >= 0.3 is 0 Å². The number of carbonyl (C=O) groups excluding carboxylic acids is 1. The number of aliphatic hydroxyl groups is 1. The monoisotopic (exact) mass is 702 g/mol. The number of nitrogens with zero attached hydrogens (tertiary/aromatic N) is 1. The highest BCUT2D eigenvalue weighted by Crippen LogP contribution is 2.44. The number of nitrogens with one attached hydrogen (secondary N) is 1. The molecule has 0 aliphatic carbocycles. The van der Waals surface area contributed by atoms with Crippen LogP contribution >= 0.6 is 0 Å². The van der Waals surface area contributed by atoms with E-state index in [9.17, 15) is 13.2 Å². The molecule has 0 unspecified atom stereocenters. The van der Waals surface area contributed by atoms with Crippen molar-refractivity contribution in [2.24, 2.45) is 4.99 Å². The fourth-order valence-electron chi connectivity index (χ4n) is 5.75. The summed E-state index contributed by atoms with van der Waals surface area (Å²) in [5.41, 5.74) is 0.312. The molecule has 4 aromatic rings. The number of amides is 1. The van der Waals surface area contributed by atoms with Crippen LogP contribution in [0.15, 0.2) is 107 Å². The summed E-state index contributed by atoms with van der Waals surface area (Å²) in [5.74, 6) is 1.75. The van der Waals surface area contributed by atoms with Crippen molar-refractivity contribution in [3.8, 4) is 23.0 Å². The normalized spacial score (nSPS) is 17.0. The molecule has 0 saturated carbocycles. The molecule has 11 nitrogen and oxygen atoms in total. The van der Waals surface area contributed by atoms with E-state index in [-0.39, 0.29) is 36.1 Å². The molecule has 0 spiro atoms. The number of sulfone groups is 1. The largest absolute Gasteiger partial charge is 0.497 e. The number of benzene rings is 4. The molecule has 12 heteroatoms. The average Bonchev–Trinajstić information content (AvgIpc) is 3.56. The van der Waals surface area contributed by atoms with Gasteiger partial charge in [0.05, 0.1) is 38.6 Å². The van der Waals surface area contributed by atoms with Gasteiger partial charge in [-0.25, -0.2) is 13.4 Å². The molecule has 4 aromatic carbocycles. The van der Waals surface area contributed by atoms with Gasteiger partial charge in [0, 0.05) is 31.6 Å². The second-order valence-corrected chi connectivity index (χ2v) is 13.7. The van der Waals surface area contributed by atoms with E-state index < -0.39 is 27.4 Å². The Hall–Kier alpha value is -5.07. The van der Waals surface area contributed by atoms with Gasteiger partial charge in [-0.1, -0.05) is 30.3 Å². The molecule has 0 fully saturated rings. The quantitative estimate of drug-likeness (QED) is 0.146. The van der Waals surface area contributed by atoms with Crippen molar-refractivity contribution in [1.29, 1.82) is 0 Å². The summed E-state index contributed by atoms with van der Waals surface area (Å²) in [4.78, 5) is 19.7. The number of rotatable bonds is 17. The third-order valence-corrected chi connectivity index (χ3v) is 10.2. The predicted molar refractivity (Wildman–Crippen MR) is 189 cm³/mol. The van der Waals surface area contributed by atoms with Crippen molar-refractivity contribution in [3.05, 3.63) is 114 Å². The van der Waals surface area contributed by atoms with E-state index in [0.717, 1.165) is 5.56 Å². The molecular formula is C38H42N2O9S. The molecule has 5 rings (SSSR count). The second kappa shape index (κ2) is 16.6. The van der Waals surface area contributed by atoms with E-state index in [2.05, 4.69) is 5.32 Å². The van der Waals surface area contributed by atoms with E-state index in [4.69, 9.17) is 33.8 Å². The average molecular weight is 703 g/mol. The Morgan fingerprint density at radius 3 is 2.30 bits per heavy atom. The molecule has 0 radical (unpaired) electrons. The summed E-state index contributed by atoms with van der Waals surface area (Å²) in [6, 6.07) is 27.7. The number of hydrogen-bond acceptors (Lipinski definition) is 10. The molecule has 2 atom stereocenters. The Morgan fingerprint density at radius 1 is 0.880 bits per heavy atom. The van der Waals surface area contributed by atoms with E-state index in [1.807, 2.05) is 6.07 Å². The lowest BCUT2D eigenvalue weighted by molar-refractivity contribution is -0.129. The first kappa shape index (κ1) is 36.2. The highest BCUT2D eigenvalue weighted by molar-refractivity contribution is 7.91. The lowest BCUT2D eigenvalue weighted by atomic mass is 9.85. The van der Waals surface area contributed by atoms with Crippen LogP contribution in [0.5, 0.6) is 23.0 Å². The predicted octanol–water partition coefficient (Wildman–Crippen LogP) is 4.95. The van der Waals surface area contributed by atoms with Crippen LogP contribution in [0.4, 0.5) is 0 Å². The van der Waals surface area contributed by atoms with Crippen molar-refractivity contribution in [2.75, 3.05) is 46.8 Å². The summed E-state index contributed by atoms with van der Waals surface area (Å²) in [5, 5.41) is 12.1. The highest BCUT2D eigenvalue weighted by atomic mass is 32.2. The Bertz CT molecular complexity index is 1880. The standard InChI is InChI=1S/C38H42N2O9S/c1-45-31-10-7-9-29(26-31)35-38(20-24-50(43,44)33-11-5-4-6-12-33,37(42)39-21-19-28-25-32(46-2)17-18-34(28)47-3)40-36(49-35)27-13-15-30(16-14-27)48-23-8-22-41/h4-7,9-18,25-26,35,41H,8,19-24H2,1-3H3,(H,39,42)/t35-,38-/m1/s1. The van der Waals surface area contributed by atoms with Crippen molar-refractivity contribution >= 4 is 21.6 Å². The molecule has 0 aromatic heterocycles. The third-order valence-electron chi connectivity index (χ3n) is 8.45. The van der Waals surface area contributed by atoms with Crippen molar-refractivity contribution < 1.29 is 42.0 Å². The van der Waals surface area contributed by atoms with Crippen LogP contribution in [-0.2, 0) is 25.8 Å². The van der Waals surface area contributed by atoms with Gasteiger partial charge in [-0.2, -0.15) is 0 Å². The first-order chi connectivity index (χ1) is 24.2. The first-order valence-corrected chi connectivity index (χ1v) is 17.9. The molecule has 1 heterocycles. The maximum atomic E-state index is 14.6. The lowest BCUT2D eigenvalue weighted by Crippen LogP contribution is -2.49. The molecule has 264 valence electrons. The maximum Gasteiger partial charge on any atom is 0.252 e. The SMILES string of the molecule is COc1cccc([C@H]2OC(c3ccc(OCCCO)cc3)=N[C@@]2(CCS(=O)(=O)c2ccccc2)C(=O)NCCc2cc(OC)ccc2OC)c1. The Morgan fingerprint density at radius 2 is 1.60 bits per heavy atom. The Balaban J connectivity index is 1.53. The Labute approximate surface area is 292 Å². The van der Waals surface area contributed by atoms with Gasteiger partial charge in [-0.3, -0.25) is 4.79 Å². The fraction of sp³-hybridized carbons (Fsp3) is 0.316. The summed E-state index contributed by atoms with van der Waals surface area (Å²) in [6.07, 6.45) is -0.269. The summed E-state index contributed by atoms with van der Waals surface area (Å²) in [6.45, 7) is 0.572. The van der Waals surface area contributed by atoms with Crippen LogP contribution in [0.1, 0.15) is 35.6 Å². The summed E-state index contributed by atoms with van der Waals surface area (Å²) >= 11 is 0. The molecule has 1 aliphatic heterocycles. The van der Waals surface area contributed by atoms with E-state index >= 15 is 0 Å². The van der Waals surface area contributed by atoms with Gasteiger partial charge in [0.1, 0.15) is 23.0 Å². The molecule has 1 amide bonds. The van der Waals surface area contributed by atoms with Gasteiger partial charge in [0.2, 0.25) is 5.90 Å². The van der Waals surface area contributed by atoms with Crippen LogP contribution in [0, 0.1) is 0 Å². The molecule has 0 bridgehead atoms. The van der Waals surface area contributed by atoms with Gasteiger partial charge in [0.15, 0.2) is 21.5 Å². The zero-order valence-corrected chi connectivity index (χ0v) is 29.1. The third kappa shape index (κ3) is 8.38. The zero-order valence-electron chi connectivity index (χ0n) is 28.3. The van der Waals surface area contributed by atoms with Gasteiger partial charge in [-0.05, 0) is 84.3 Å². The fourth-order valence-corrected chi connectivity index (χ4v) is 7.14. The molecule has 0 saturated heterocycles. The summed E-state index contributed by atoms with van der Waals surface area (Å²) in [7, 11) is 0.881. The van der Waals surface area contributed by atoms with Gasteiger partial charge in [-0.15, -0.1) is 0 Å². The maximum absolute atomic E-state index is 14.6. The van der Waals surface area contributed by atoms with Crippen molar-refractivity contribution in [2.45, 2.75) is 35.8 Å². The smallest absolute Gasteiger partial charge is 0.252 e. The molecule has 50 heavy (non-hydrogen) atoms. The number of hydrogen-bond donors (Lipinski definition) is 2. The lowest BCUT2D eigenvalue weighted by Gasteiger charge is -2.31. The number of aliphatic imine (C=N–C) groups is 1. The van der Waals surface area contributed by atoms with E-state index in [1.165, 1.54) is 12.1 Å². The minimum Gasteiger partial charge on any atom is -0.497 e. The highest BCUT2D eigenvalue weighted by Gasteiger charge is 2.53. The van der Waals surface area contributed by atoms with Crippen LogP contribution in [0.2, 0.25) is 0 Å². The number of methoxy groups -OCH3 is 3. The summed E-state index contributed by atoms with van der Waals surface area (Å²) < 4.78 is 55.9. The van der Waals surface area contributed by atoms with Crippen LogP contribution in [-0.4, -0.2) is 77.7 Å². The molecular weight excluding hydrogens is 660 g/mol. The van der Waals surface area contributed by atoms with Crippen LogP contribution < -0.4 is 24.3 Å². The zero-order chi connectivity index (χ0) is 35.6. The molecule has 1 aliphatic rings. The van der Waals surface area contributed by atoms with Crippen molar-refractivity contribution in [1.82, 2.24) is 5.32 Å². The second-order valence-electron chi connectivity index (χ2n) is 11.6. The Kier molecular flexibility index (Phi) is 12.0. The van der Waals surface area contributed by atoms with Gasteiger partial charge in [0.25, 0.3) is 5.91 Å². The van der Waals surface area contributed by atoms with Crippen LogP contribution in [0.3, 0.4) is 0 Å². The van der Waals surface area contributed by atoms with E-state index in [1.54, 1.807) is 100 Å². The van der Waals surface area contributed by atoms with Crippen LogP contribution in [0.25, 0.3) is 0 Å².